The normalized spacial score (nSPS) is 11.0. The highest BCUT2D eigenvalue weighted by molar-refractivity contribution is 5.23. The van der Waals surface area contributed by atoms with Crippen LogP contribution in [0.15, 0.2) is 36.5 Å². The minimum atomic E-state index is 0.514. The fraction of sp³-hybridized carbons (Fsp3) is 0.455. The molecule has 0 heterocycles. The summed E-state index contributed by atoms with van der Waals surface area (Å²) in [7, 11) is 0. The number of hydrogen-bond acceptors (Lipinski definition) is 1. The summed E-state index contributed by atoms with van der Waals surface area (Å²) in [6.07, 6.45) is 3.97. The SMILES string of the molecule is C=C(C)/C=C\C(=C)CNC(C)C. The highest BCUT2D eigenvalue weighted by Gasteiger charge is 1.91. The van der Waals surface area contributed by atoms with Crippen LogP contribution in [0.4, 0.5) is 0 Å². The maximum absolute atomic E-state index is 3.91. The van der Waals surface area contributed by atoms with Crippen LogP contribution in [0.3, 0.4) is 0 Å². The molecule has 0 unspecified atom stereocenters. The third kappa shape index (κ3) is 7.29. The third-order valence-corrected chi connectivity index (χ3v) is 1.34. The van der Waals surface area contributed by atoms with Crippen molar-refractivity contribution in [3.63, 3.8) is 0 Å². The molecule has 12 heavy (non-hydrogen) atoms. The second-order valence-corrected chi connectivity index (χ2v) is 3.37. The van der Waals surface area contributed by atoms with Crippen LogP contribution < -0.4 is 5.32 Å². The highest BCUT2D eigenvalue weighted by atomic mass is 14.9. The van der Waals surface area contributed by atoms with Crippen molar-refractivity contribution in [3.8, 4) is 0 Å². The Morgan fingerprint density at radius 2 is 1.92 bits per heavy atom. The van der Waals surface area contributed by atoms with Crippen molar-refractivity contribution in [2.24, 2.45) is 0 Å². The van der Waals surface area contributed by atoms with E-state index in [4.69, 9.17) is 0 Å². The van der Waals surface area contributed by atoms with Crippen molar-refractivity contribution < 1.29 is 0 Å². The first-order valence-electron chi connectivity index (χ1n) is 4.27. The monoisotopic (exact) mass is 165 g/mol. The van der Waals surface area contributed by atoms with Crippen molar-refractivity contribution in [2.75, 3.05) is 6.54 Å². The summed E-state index contributed by atoms with van der Waals surface area (Å²) in [5, 5.41) is 3.29. The van der Waals surface area contributed by atoms with E-state index in [1.54, 1.807) is 0 Å². The van der Waals surface area contributed by atoms with Gasteiger partial charge in [-0.15, -0.1) is 0 Å². The van der Waals surface area contributed by atoms with Crippen LogP contribution in [-0.4, -0.2) is 12.6 Å². The lowest BCUT2D eigenvalue weighted by molar-refractivity contribution is 0.626. The number of nitrogens with one attached hydrogen (secondary N) is 1. The number of hydrogen-bond donors (Lipinski definition) is 1. The number of allylic oxidation sites excluding steroid dienone is 2. The van der Waals surface area contributed by atoms with E-state index >= 15 is 0 Å². The van der Waals surface area contributed by atoms with Crippen molar-refractivity contribution >= 4 is 0 Å². The lowest BCUT2D eigenvalue weighted by Gasteiger charge is -2.06. The summed E-state index contributed by atoms with van der Waals surface area (Å²) < 4.78 is 0. The molecule has 0 saturated carbocycles. The van der Waals surface area contributed by atoms with Gasteiger partial charge in [0.2, 0.25) is 0 Å². The van der Waals surface area contributed by atoms with Crippen LogP contribution in [0.5, 0.6) is 0 Å². The van der Waals surface area contributed by atoms with Crippen molar-refractivity contribution in [1.82, 2.24) is 5.32 Å². The van der Waals surface area contributed by atoms with Crippen LogP contribution >= 0.6 is 0 Å². The molecule has 0 rings (SSSR count). The van der Waals surface area contributed by atoms with Gasteiger partial charge in [-0.2, -0.15) is 0 Å². The van der Waals surface area contributed by atoms with Gasteiger partial charge in [-0.25, -0.2) is 0 Å². The standard InChI is InChI=1S/C11H19N/c1-9(2)6-7-11(5)8-12-10(3)4/h6-7,10,12H,1,5,8H2,2-4H3/b7-6-. The maximum atomic E-state index is 3.91. The Morgan fingerprint density at radius 1 is 1.33 bits per heavy atom. The van der Waals surface area contributed by atoms with Gasteiger partial charge < -0.3 is 5.32 Å². The lowest BCUT2D eigenvalue weighted by Crippen LogP contribution is -2.24. The van der Waals surface area contributed by atoms with Crippen LogP contribution in [0.2, 0.25) is 0 Å². The molecule has 1 N–H and O–H groups in total. The zero-order chi connectivity index (χ0) is 9.56. The number of rotatable bonds is 5. The van der Waals surface area contributed by atoms with Gasteiger partial charge in [0.1, 0.15) is 0 Å². The molecule has 1 heteroatoms. The Hall–Kier alpha value is -0.820. The van der Waals surface area contributed by atoms with E-state index in [0.717, 1.165) is 17.7 Å². The van der Waals surface area contributed by atoms with E-state index in [1.165, 1.54) is 0 Å². The largest absolute Gasteiger partial charge is 0.310 e. The van der Waals surface area contributed by atoms with Gasteiger partial charge in [0, 0.05) is 12.6 Å². The molecule has 0 atom stereocenters. The first-order valence-corrected chi connectivity index (χ1v) is 4.27. The first-order chi connectivity index (χ1) is 5.52. The van der Waals surface area contributed by atoms with Crippen LogP contribution in [0.1, 0.15) is 20.8 Å². The molecular formula is C11H19N. The smallest absolute Gasteiger partial charge is 0.0201 e. The first kappa shape index (κ1) is 11.2. The van der Waals surface area contributed by atoms with Crippen molar-refractivity contribution in [2.45, 2.75) is 26.8 Å². The van der Waals surface area contributed by atoms with Gasteiger partial charge in [0.25, 0.3) is 0 Å². The second kappa shape index (κ2) is 5.78. The Bertz CT molecular complexity index is 187. The van der Waals surface area contributed by atoms with Gasteiger partial charge in [-0.05, 0) is 12.5 Å². The maximum Gasteiger partial charge on any atom is 0.0201 e. The van der Waals surface area contributed by atoms with Crippen LogP contribution in [0.25, 0.3) is 0 Å². The van der Waals surface area contributed by atoms with E-state index in [0.29, 0.717) is 6.04 Å². The average molecular weight is 165 g/mol. The third-order valence-electron chi connectivity index (χ3n) is 1.34. The summed E-state index contributed by atoms with van der Waals surface area (Å²) in [5.41, 5.74) is 2.15. The van der Waals surface area contributed by atoms with Crippen LogP contribution in [-0.2, 0) is 0 Å². The predicted molar refractivity (Wildman–Crippen MR) is 56.2 cm³/mol. The molecule has 0 aromatic rings. The Balaban J connectivity index is 3.67. The summed E-state index contributed by atoms with van der Waals surface area (Å²) in [5.74, 6) is 0. The van der Waals surface area contributed by atoms with Crippen LogP contribution in [0, 0.1) is 0 Å². The Morgan fingerprint density at radius 3 is 2.33 bits per heavy atom. The topological polar surface area (TPSA) is 12.0 Å². The van der Waals surface area contributed by atoms with E-state index in [-0.39, 0.29) is 0 Å². The Kier molecular flexibility index (Phi) is 5.39. The quantitative estimate of drug-likeness (QED) is 0.618. The highest BCUT2D eigenvalue weighted by Crippen LogP contribution is 1.96. The molecule has 0 aliphatic carbocycles. The molecule has 0 saturated heterocycles. The molecule has 0 aromatic heterocycles. The molecule has 0 fully saturated rings. The van der Waals surface area contributed by atoms with Crippen molar-refractivity contribution in [1.29, 1.82) is 0 Å². The van der Waals surface area contributed by atoms with Crippen molar-refractivity contribution in [3.05, 3.63) is 36.5 Å². The molecular weight excluding hydrogens is 146 g/mol. The molecule has 0 amide bonds. The van der Waals surface area contributed by atoms with Gasteiger partial charge in [-0.1, -0.05) is 44.7 Å². The minimum Gasteiger partial charge on any atom is -0.310 e. The van der Waals surface area contributed by atoms with E-state index in [1.807, 2.05) is 19.1 Å². The zero-order valence-electron chi connectivity index (χ0n) is 8.35. The molecule has 68 valence electrons. The summed E-state index contributed by atoms with van der Waals surface area (Å²) in [6, 6.07) is 0.514. The van der Waals surface area contributed by atoms with Gasteiger partial charge in [-0.3, -0.25) is 0 Å². The van der Waals surface area contributed by atoms with Gasteiger partial charge >= 0.3 is 0 Å². The average Bonchev–Trinajstić information content (AvgIpc) is 1.96. The summed E-state index contributed by atoms with van der Waals surface area (Å²) in [4.78, 5) is 0. The van der Waals surface area contributed by atoms with Gasteiger partial charge in [0.05, 0.1) is 0 Å². The predicted octanol–water partition coefficient (Wildman–Crippen LogP) is 2.67. The lowest BCUT2D eigenvalue weighted by atomic mass is 10.2. The molecule has 0 spiro atoms. The molecule has 0 radical (unpaired) electrons. The van der Waals surface area contributed by atoms with E-state index in [2.05, 4.69) is 32.3 Å². The summed E-state index contributed by atoms with van der Waals surface area (Å²) >= 11 is 0. The zero-order valence-corrected chi connectivity index (χ0v) is 8.35. The Labute approximate surface area is 75.9 Å². The molecule has 0 aliphatic rings. The second-order valence-electron chi connectivity index (χ2n) is 3.37. The molecule has 0 bridgehead atoms. The van der Waals surface area contributed by atoms with Gasteiger partial charge in [0.15, 0.2) is 0 Å². The summed E-state index contributed by atoms with van der Waals surface area (Å²) in [6.45, 7) is 14.7. The molecule has 1 nitrogen and oxygen atoms in total. The molecule has 0 aromatic carbocycles. The van der Waals surface area contributed by atoms with E-state index < -0.39 is 0 Å². The minimum absolute atomic E-state index is 0.514. The molecule has 0 aliphatic heterocycles. The van der Waals surface area contributed by atoms with E-state index in [9.17, 15) is 0 Å². The fourth-order valence-electron chi connectivity index (χ4n) is 0.654. The fourth-order valence-corrected chi connectivity index (χ4v) is 0.654.